The molecule has 3 fully saturated rings. The largest absolute Gasteiger partial charge is 0.393 e. The number of carbonyl (C=O) groups is 1. The number of nitrogens with two attached hydrogens (primary N) is 1. The fraction of sp³-hybridized carbons (Fsp3) is 0.522. The van der Waals surface area contributed by atoms with Crippen molar-refractivity contribution in [2.75, 3.05) is 31.2 Å². The molecule has 6 heteroatoms. The average Bonchev–Trinajstić information content (AvgIpc) is 3.66. The molecule has 6 nitrogen and oxygen atoms in total. The number of amides is 1. The van der Waals surface area contributed by atoms with E-state index in [0.717, 1.165) is 36.4 Å². The Balaban J connectivity index is 1.19. The van der Waals surface area contributed by atoms with Crippen molar-refractivity contribution in [3.8, 4) is 11.8 Å². The summed E-state index contributed by atoms with van der Waals surface area (Å²) in [6.07, 6.45) is 6.88. The van der Waals surface area contributed by atoms with E-state index in [0.29, 0.717) is 19.0 Å². The summed E-state index contributed by atoms with van der Waals surface area (Å²) in [6, 6.07) is 5.98. The highest BCUT2D eigenvalue weighted by Crippen LogP contribution is 2.48. The summed E-state index contributed by atoms with van der Waals surface area (Å²) in [6.45, 7) is 2.62. The Hall–Kier alpha value is -2.49. The van der Waals surface area contributed by atoms with Gasteiger partial charge >= 0.3 is 0 Å². The summed E-state index contributed by atoms with van der Waals surface area (Å²) in [5, 5.41) is 3.08. The maximum atomic E-state index is 12.9. The van der Waals surface area contributed by atoms with Crippen LogP contribution in [0.2, 0.25) is 0 Å². The van der Waals surface area contributed by atoms with Gasteiger partial charge in [-0.2, -0.15) is 0 Å². The quantitative estimate of drug-likeness (QED) is 0.603. The predicted octanol–water partition coefficient (Wildman–Crippen LogP) is 1.88. The summed E-state index contributed by atoms with van der Waals surface area (Å²) in [7, 11) is 0. The lowest BCUT2D eigenvalue weighted by Crippen LogP contribution is -2.39. The Bertz CT molecular complexity index is 896. The SMILES string of the molecule is N/C(=C\NCC1OCC2(CC2)CO1)C(=O)N1CCc2c(C#CC3CC3)cccc21. The van der Waals surface area contributed by atoms with E-state index < -0.39 is 0 Å². The molecule has 2 aliphatic heterocycles. The maximum Gasteiger partial charge on any atom is 0.275 e. The molecule has 0 aromatic heterocycles. The summed E-state index contributed by atoms with van der Waals surface area (Å²) in [5.74, 6) is 6.98. The third-order valence-electron chi connectivity index (χ3n) is 6.16. The topological polar surface area (TPSA) is 76.8 Å². The number of rotatable bonds is 4. The molecular formula is C23H27N3O3. The van der Waals surface area contributed by atoms with Crippen molar-refractivity contribution >= 4 is 11.6 Å². The van der Waals surface area contributed by atoms with E-state index in [1.165, 1.54) is 25.7 Å². The second-order valence-electron chi connectivity index (χ2n) is 8.61. The molecule has 0 unspecified atom stereocenters. The van der Waals surface area contributed by atoms with Crippen LogP contribution in [0.15, 0.2) is 30.1 Å². The maximum absolute atomic E-state index is 12.9. The number of hydrogen-bond donors (Lipinski definition) is 2. The molecule has 4 aliphatic rings. The number of benzene rings is 1. The van der Waals surface area contributed by atoms with E-state index in [1.54, 1.807) is 11.1 Å². The number of ether oxygens (including phenoxy) is 2. The van der Waals surface area contributed by atoms with Gasteiger partial charge in [0, 0.05) is 35.3 Å². The molecule has 0 radical (unpaired) electrons. The second kappa shape index (κ2) is 7.40. The third-order valence-corrected chi connectivity index (χ3v) is 6.16. The van der Waals surface area contributed by atoms with Crippen LogP contribution in [-0.2, 0) is 20.7 Å². The van der Waals surface area contributed by atoms with Crippen LogP contribution in [0, 0.1) is 23.2 Å². The molecule has 0 atom stereocenters. The number of fused-ring (bicyclic) bond motifs is 1. The fourth-order valence-electron chi connectivity index (χ4n) is 3.87. The summed E-state index contributed by atoms with van der Waals surface area (Å²) in [4.78, 5) is 14.6. The van der Waals surface area contributed by atoms with Crippen LogP contribution in [0.25, 0.3) is 0 Å². The molecule has 1 aromatic carbocycles. The van der Waals surface area contributed by atoms with Gasteiger partial charge in [-0.25, -0.2) is 0 Å². The zero-order valence-electron chi connectivity index (χ0n) is 16.6. The van der Waals surface area contributed by atoms with Gasteiger partial charge in [0.15, 0.2) is 6.29 Å². The van der Waals surface area contributed by atoms with Gasteiger partial charge in [0.05, 0.1) is 19.8 Å². The molecule has 1 amide bonds. The van der Waals surface area contributed by atoms with Crippen LogP contribution < -0.4 is 16.0 Å². The van der Waals surface area contributed by atoms with Crippen molar-refractivity contribution in [3.63, 3.8) is 0 Å². The van der Waals surface area contributed by atoms with Crippen molar-refractivity contribution in [2.24, 2.45) is 17.1 Å². The van der Waals surface area contributed by atoms with Crippen LogP contribution in [0.1, 0.15) is 36.8 Å². The highest BCUT2D eigenvalue weighted by molar-refractivity contribution is 6.06. The van der Waals surface area contributed by atoms with Gasteiger partial charge in [-0.15, -0.1) is 0 Å². The van der Waals surface area contributed by atoms with Crippen molar-refractivity contribution in [3.05, 3.63) is 41.2 Å². The normalized spacial score (nSPS) is 22.8. The van der Waals surface area contributed by atoms with E-state index in [4.69, 9.17) is 15.2 Å². The first-order chi connectivity index (χ1) is 14.1. The summed E-state index contributed by atoms with van der Waals surface area (Å²) >= 11 is 0. The van der Waals surface area contributed by atoms with Crippen LogP contribution in [0.4, 0.5) is 5.69 Å². The molecule has 5 rings (SSSR count). The van der Waals surface area contributed by atoms with E-state index in [2.05, 4.69) is 17.2 Å². The minimum absolute atomic E-state index is 0.182. The molecule has 152 valence electrons. The smallest absolute Gasteiger partial charge is 0.275 e. The molecule has 1 saturated heterocycles. The second-order valence-corrected chi connectivity index (χ2v) is 8.61. The van der Waals surface area contributed by atoms with E-state index in [-0.39, 0.29) is 23.3 Å². The van der Waals surface area contributed by atoms with Gasteiger partial charge in [-0.1, -0.05) is 17.9 Å². The molecule has 2 aliphatic carbocycles. The van der Waals surface area contributed by atoms with Gasteiger partial charge < -0.3 is 25.4 Å². The summed E-state index contributed by atoms with van der Waals surface area (Å²) in [5.41, 5.74) is 9.63. The first-order valence-corrected chi connectivity index (χ1v) is 10.5. The molecule has 0 bridgehead atoms. The van der Waals surface area contributed by atoms with Crippen molar-refractivity contribution in [2.45, 2.75) is 38.4 Å². The molecule has 3 N–H and O–H groups in total. The minimum atomic E-state index is -0.291. The standard InChI is InChI=1S/C23H27N3O3/c24-19(12-25-13-21-28-14-23(9-10-23)15-29-21)22(27)26-11-8-18-17(2-1-3-20(18)26)7-6-16-4-5-16/h1-3,12,16,21,25H,4-5,8-11,13-15,24H2/b19-12-. The number of anilines is 1. The minimum Gasteiger partial charge on any atom is -0.393 e. The van der Waals surface area contributed by atoms with Crippen molar-refractivity contribution in [1.82, 2.24) is 5.32 Å². The lowest BCUT2D eigenvalue weighted by Gasteiger charge is -2.29. The molecule has 2 saturated carbocycles. The number of nitrogens with zero attached hydrogens (tertiary/aromatic N) is 1. The van der Waals surface area contributed by atoms with Crippen molar-refractivity contribution < 1.29 is 14.3 Å². The molecule has 2 heterocycles. The van der Waals surface area contributed by atoms with Crippen LogP contribution in [0.3, 0.4) is 0 Å². The molecule has 1 spiro atoms. The highest BCUT2D eigenvalue weighted by Gasteiger charge is 2.46. The van der Waals surface area contributed by atoms with Gasteiger partial charge in [-0.3, -0.25) is 4.79 Å². The third kappa shape index (κ3) is 3.98. The Kier molecular flexibility index (Phi) is 4.73. The Morgan fingerprint density at radius 2 is 2.10 bits per heavy atom. The van der Waals surface area contributed by atoms with Crippen LogP contribution in [0.5, 0.6) is 0 Å². The molecule has 1 aromatic rings. The van der Waals surface area contributed by atoms with E-state index in [1.807, 2.05) is 18.2 Å². The van der Waals surface area contributed by atoms with E-state index in [9.17, 15) is 4.79 Å². The Morgan fingerprint density at radius 3 is 2.83 bits per heavy atom. The highest BCUT2D eigenvalue weighted by atomic mass is 16.7. The van der Waals surface area contributed by atoms with Crippen LogP contribution in [-0.4, -0.2) is 38.5 Å². The lowest BCUT2D eigenvalue weighted by atomic mass is 10.1. The van der Waals surface area contributed by atoms with Crippen LogP contribution >= 0.6 is 0 Å². The van der Waals surface area contributed by atoms with Gasteiger partial charge in [0.2, 0.25) is 0 Å². The Labute approximate surface area is 171 Å². The first kappa shape index (κ1) is 18.5. The monoisotopic (exact) mass is 393 g/mol. The first-order valence-electron chi connectivity index (χ1n) is 10.5. The lowest BCUT2D eigenvalue weighted by molar-refractivity contribution is -0.203. The average molecular weight is 393 g/mol. The molecule has 29 heavy (non-hydrogen) atoms. The number of carbonyl (C=O) groups excluding carboxylic acids is 1. The zero-order valence-corrected chi connectivity index (χ0v) is 16.6. The predicted molar refractivity (Wildman–Crippen MR) is 110 cm³/mol. The van der Waals surface area contributed by atoms with Gasteiger partial charge in [0.25, 0.3) is 5.91 Å². The number of nitrogens with one attached hydrogen (secondary N) is 1. The number of hydrogen-bond acceptors (Lipinski definition) is 5. The Morgan fingerprint density at radius 1 is 1.31 bits per heavy atom. The molecular weight excluding hydrogens is 366 g/mol. The summed E-state index contributed by atoms with van der Waals surface area (Å²) < 4.78 is 11.5. The van der Waals surface area contributed by atoms with E-state index >= 15 is 0 Å². The zero-order chi connectivity index (χ0) is 19.8. The fourth-order valence-corrected chi connectivity index (χ4v) is 3.87. The van der Waals surface area contributed by atoms with Crippen molar-refractivity contribution in [1.29, 1.82) is 0 Å². The van der Waals surface area contributed by atoms with Gasteiger partial charge in [0.1, 0.15) is 5.70 Å². The van der Waals surface area contributed by atoms with Gasteiger partial charge in [-0.05, 0) is 49.8 Å².